The summed E-state index contributed by atoms with van der Waals surface area (Å²) in [6, 6.07) is -3.38. The summed E-state index contributed by atoms with van der Waals surface area (Å²) >= 11 is 0. The number of aliphatic hydroxyl groups excluding tert-OH is 1. The van der Waals surface area contributed by atoms with Crippen molar-refractivity contribution in [2.75, 3.05) is 19.7 Å². The van der Waals surface area contributed by atoms with Gasteiger partial charge in [-0.1, -0.05) is 0 Å². The van der Waals surface area contributed by atoms with Crippen LogP contribution in [0.15, 0.2) is 4.99 Å². The Bertz CT molecular complexity index is 564. The molecule has 0 aromatic heterocycles. The minimum absolute atomic E-state index is 0.0770. The van der Waals surface area contributed by atoms with E-state index in [9.17, 15) is 24.3 Å². The van der Waals surface area contributed by atoms with Crippen molar-refractivity contribution in [3.63, 3.8) is 0 Å². The number of aliphatic imine (C=N–C) groups is 1. The van der Waals surface area contributed by atoms with Gasteiger partial charge in [0.1, 0.15) is 12.1 Å². The van der Waals surface area contributed by atoms with Crippen LogP contribution in [0.1, 0.15) is 19.8 Å². The molecule has 0 spiro atoms. The Labute approximate surface area is 155 Å². The first kappa shape index (κ1) is 24.1. The number of nitrogens with zero attached hydrogens (tertiary/aromatic N) is 1. The molecule has 0 radical (unpaired) electrons. The highest BCUT2D eigenvalue weighted by Gasteiger charge is 2.23. The second kappa shape index (κ2) is 12.4. The predicted octanol–water partition coefficient (Wildman–Crippen LogP) is -4.45. The normalized spacial score (nSPS) is 13.6. The van der Waals surface area contributed by atoms with E-state index in [1.165, 1.54) is 6.92 Å². The van der Waals surface area contributed by atoms with E-state index in [4.69, 9.17) is 22.3 Å². The number of guanidine groups is 1. The Hall–Kier alpha value is -2.93. The number of carbonyl (C=O) groups is 4. The standard InChI is InChI=1S/C14H27N7O6/c1-7(13(26)27)20-10(23)5-19-12(25)9(6-22)21-11(24)8(15)3-2-4-18-14(16)17/h7-9,22H,2-6,15H2,1H3,(H,19,25)(H,20,23)(H,21,24)(H,26,27)(H4,16,17,18). The van der Waals surface area contributed by atoms with Crippen LogP contribution in [0.5, 0.6) is 0 Å². The van der Waals surface area contributed by atoms with Gasteiger partial charge in [-0.25, -0.2) is 0 Å². The molecule has 154 valence electrons. The van der Waals surface area contributed by atoms with Gasteiger partial charge < -0.3 is 43.4 Å². The van der Waals surface area contributed by atoms with E-state index in [0.717, 1.165) is 0 Å². The van der Waals surface area contributed by atoms with Gasteiger partial charge in [0.25, 0.3) is 0 Å². The molecule has 3 amide bonds. The van der Waals surface area contributed by atoms with Crippen LogP contribution in [0, 0.1) is 0 Å². The van der Waals surface area contributed by atoms with Gasteiger partial charge in [0.05, 0.1) is 19.2 Å². The quantitative estimate of drug-likeness (QED) is 0.0911. The highest BCUT2D eigenvalue weighted by Crippen LogP contribution is 1.96. The minimum Gasteiger partial charge on any atom is -0.480 e. The molecule has 0 fully saturated rings. The summed E-state index contributed by atoms with van der Waals surface area (Å²) in [6.45, 7) is 0.309. The van der Waals surface area contributed by atoms with Crippen molar-refractivity contribution in [1.82, 2.24) is 16.0 Å². The number of carbonyl (C=O) groups excluding carboxylic acids is 3. The zero-order valence-electron chi connectivity index (χ0n) is 15.0. The molecule has 11 N–H and O–H groups in total. The van der Waals surface area contributed by atoms with Crippen LogP contribution in [0.25, 0.3) is 0 Å². The lowest BCUT2D eigenvalue weighted by Crippen LogP contribution is -2.54. The van der Waals surface area contributed by atoms with Gasteiger partial charge >= 0.3 is 5.97 Å². The summed E-state index contributed by atoms with van der Waals surface area (Å²) in [5.41, 5.74) is 16.0. The molecule has 0 bridgehead atoms. The molecule has 0 rings (SSSR count). The number of rotatable bonds is 12. The number of carboxylic acid groups (broad SMARTS) is 1. The maximum atomic E-state index is 11.9. The third-order valence-electron chi connectivity index (χ3n) is 3.29. The van der Waals surface area contributed by atoms with Crippen LogP contribution < -0.4 is 33.2 Å². The van der Waals surface area contributed by atoms with E-state index in [0.29, 0.717) is 6.42 Å². The summed E-state index contributed by atoms with van der Waals surface area (Å²) in [7, 11) is 0. The number of aliphatic carboxylic acids is 1. The van der Waals surface area contributed by atoms with E-state index in [1.54, 1.807) is 0 Å². The highest BCUT2D eigenvalue weighted by atomic mass is 16.4. The van der Waals surface area contributed by atoms with E-state index in [-0.39, 0.29) is 18.9 Å². The number of amides is 3. The molecule has 0 aromatic rings. The molecule has 0 aliphatic carbocycles. The molecule has 0 aliphatic heterocycles. The van der Waals surface area contributed by atoms with E-state index >= 15 is 0 Å². The summed E-state index contributed by atoms with van der Waals surface area (Å²) in [4.78, 5) is 49.7. The van der Waals surface area contributed by atoms with Gasteiger partial charge in [-0.2, -0.15) is 0 Å². The van der Waals surface area contributed by atoms with E-state index in [1.807, 2.05) is 0 Å². The molecule has 0 heterocycles. The zero-order valence-corrected chi connectivity index (χ0v) is 15.0. The average molecular weight is 389 g/mol. The monoisotopic (exact) mass is 389 g/mol. The van der Waals surface area contributed by atoms with Crippen LogP contribution in [0.3, 0.4) is 0 Å². The lowest BCUT2D eigenvalue weighted by Gasteiger charge is -2.19. The van der Waals surface area contributed by atoms with E-state index in [2.05, 4.69) is 20.9 Å². The van der Waals surface area contributed by atoms with Gasteiger partial charge in [0.15, 0.2) is 5.96 Å². The number of aliphatic hydroxyl groups is 1. The van der Waals surface area contributed by atoms with Gasteiger partial charge in [-0.15, -0.1) is 0 Å². The molecule has 0 saturated heterocycles. The number of nitrogens with two attached hydrogens (primary N) is 3. The fraction of sp³-hybridized carbons (Fsp3) is 0.643. The number of hydrogen-bond donors (Lipinski definition) is 8. The first-order chi connectivity index (χ1) is 12.6. The number of nitrogens with one attached hydrogen (secondary N) is 3. The average Bonchev–Trinajstić information content (AvgIpc) is 2.60. The van der Waals surface area contributed by atoms with Crippen molar-refractivity contribution >= 4 is 29.7 Å². The molecule has 0 saturated carbocycles. The second-order valence-electron chi connectivity index (χ2n) is 5.64. The Morgan fingerprint density at radius 1 is 1.11 bits per heavy atom. The van der Waals surface area contributed by atoms with Crippen molar-refractivity contribution < 1.29 is 29.4 Å². The van der Waals surface area contributed by atoms with Crippen LogP contribution in [0.2, 0.25) is 0 Å². The number of carboxylic acids is 1. The Morgan fingerprint density at radius 3 is 2.26 bits per heavy atom. The third-order valence-corrected chi connectivity index (χ3v) is 3.29. The third kappa shape index (κ3) is 10.6. The first-order valence-corrected chi connectivity index (χ1v) is 8.10. The van der Waals surface area contributed by atoms with Gasteiger partial charge in [0.2, 0.25) is 17.7 Å². The Morgan fingerprint density at radius 2 is 1.74 bits per heavy atom. The van der Waals surface area contributed by atoms with Gasteiger partial charge in [-0.3, -0.25) is 24.2 Å². The molecule has 0 aromatic carbocycles. The van der Waals surface area contributed by atoms with E-state index < -0.39 is 55.0 Å². The van der Waals surface area contributed by atoms with Gasteiger partial charge in [0, 0.05) is 6.54 Å². The van der Waals surface area contributed by atoms with Gasteiger partial charge in [-0.05, 0) is 19.8 Å². The maximum absolute atomic E-state index is 11.9. The molecule has 3 atom stereocenters. The predicted molar refractivity (Wildman–Crippen MR) is 95.2 cm³/mol. The summed E-state index contributed by atoms with van der Waals surface area (Å²) in [5, 5.41) is 24.5. The molecule has 0 aliphatic rings. The molecular formula is C14H27N7O6. The minimum atomic E-state index is -1.31. The zero-order chi connectivity index (χ0) is 21.0. The molecule has 13 nitrogen and oxygen atoms in total. The largest absolute Gasteiger partial charge is 0.480 e. The maximum Gasteiger partial charge on any atom is 0.325 e. The summed E-state index contributed by atoms with van der Waals surface area (Å²) in [5.74, 6) is -3.54. The molecular weight excluding hydrogens is 362 g/mol. The van der Waals surface area contributed by atoms with Crippen LogP contribution in [-0.4, -0.2) is 77.7 Å². The van der Waals surface area contributed by atoms with Crippen LogP contribution in [0.4, 0.5) is 0 Å². The lowest BCUT2D eigenvalue weighted by molar-refractivity contribution is -0.141. The Balaban J connectivity index is 4.38. The fourth-order valence-electron chi connectivity index (χ4n) is 1.77. The van der Waals surface area contributed by atoms with Crippen LogP contribution in [-0.2, 0) is 19.2 Å². The molecule has 13 heteroatoms. The number of hydrogen-bond acceptors (Lipinski definition) is 7. The summed E-state index contributed by atoms with van der Waals surface area (Å²) < 4.78 is 0. The van der Waals surface area contributed by atoms with Crippen molar-refractivity contribution in [3.05, 3.63) is 0 Å². The lowest BCUT2D eigenvalue weighted by atomic mass is 10.1. The fourth-order valence-corrected chi connectivity index (χ4v) is 1.77. The second-order valence-corrected chi connectivity index (χ2v) is 5.64. The van der Waals surface area contributed by atoms with Crippen molar-refractivity contribution in [1.29, 1.82) is 0 Å². The summed E-state index contributed by atoms with van der Waals surface area (Å²) in [6.07, 6.45) is 0.683. The molecule has 27 heavy (non-hydrogen) atoms. The molecule has 3 unspecified atom stereocenters. The highest BCUT2D eigenvalue weighted by molar-refractivity contribution is 5.92. The van der Waals surface area contributed by atoms with Crippen molar-refractivity contribution in [2.45, 2.75) is 37.9 Å². The first-order valence-electron chi connectivity index (χ1n) is 8.10. The SMILES string of the molecule is CC(NC(=O)CNC(=O)C(CO)NC(=O)C(N)CCCN=C(N)N)C(=O)O. The van der Waals surface area contributed by atoms with Crippen molar-refractivity contribution in [3.8, 4) is 0 Å². The van der Waals surface area contributed by atoms with Crippen molar-refractivity contribution in [2.24, 2.45) is 22.2 Å². The topological polar surface area (TPSA) is 235 Å². The smallest absolute Gasteiger partial charge is 0.325 e. The Kier molecular flexibility index (Phi) is 11.1. The van der Waals surface area contributed by atoms with Crippen LogP contribution >= 0.6 is 0 Å².